The minimum absolute atomic E-state index is 0.109. The maximum absolute atomic E-state index is 6.72. The highest BCUT2D eigenvalue weighted by Gasteiger charge is 2.44. The largest absolute Gasteiger partial charge is 0.456 e. The second-order valence-corrected chi connectivity index (χ2v) is 20.7. The molecule has 2 heteroatoms. The Hall–Kier alpha value is -5.08. The molecule has 0 saturated carbocycles. The van der Waals surface area contributed by atoms with E-state index in [0.29, 0.717) is 0 Å². The number of hydrogen-bond acceptors (Lipinski definition) is 2. The number of nitrogens with zero attached hydrogens (tertiary/aromatic N) is 1. The number of hydrogen-bond donors (Lipinski definition) is 0. The molecule has 0 saturated heterocycles. The van der Waals surface area contributed by atoms with E-state index < -0.39 is 0 Å². The monoisotopic (exact) mass is 747 g/mol. The highest BCUT2D eigenvalue weighted by molar-refractivity contribution is 6.08. The molecule has 3 aliphatic rings. The second kappa shape index (κ2) is 12.0. The van der Waals surface area contributed by atoms with Gasteiger partial charge in [0.1, 0.15) is 11.2 Å². The van der Waals surface area contributed by atoms with E-state index in [9.17, 15) is 0 Å². The molecule has 0 fully saturated rings. The van der Waals surface area contributed by atoms with Crippen molar-refractivity contribution in [1.29, 1.82) is 0 Å². The fourth-order valence-corrected chi connectivity index (χ4v) is 10.9. The van der Waals surface area contributed by atoms with E-state index in [-0.39, 0.29) is 27.1 Å². The first kappa shape index (κ1) is 36.3. The predicted octanol–water partition coefficient (Wildman–Crippen LogP) is 15.7. The number of rotatable bonds is 4. The predicted molar refractivity (Wildman–Crippen MR) is 242 cm³/mol. The maximum atomic E-state index is 6.72. The minimum Gasteiger partial charge on any atom is -0.456 e. The summed E-state index contributed by atoms with van der Waals surface area (Å²) in [6.07, 6.45) is 4.76. The standard InChI is InChI=1S/C55H57NO/c1-51(2)25-27-54(7,8)46-33-49-39(30-43(46)51)38-29-37(22-23-48(38)57-49)56(36-19-14-18-35(28-36)34-16-12-11-13-17-34)47-21-15-20-41-50(47)40-31-44-45(32-42(40)55(41,9)10)53(5,6)26-24-52(44,3)4/h11-23,28-33H,24-27H2,1-10H3. The van der Waals surface area contributed by atoms with Gasteiger partial charge >= 0.3 is 0 Å². The van der Waals surface area contributed by atoms with E-state index in [1.54, 1.807) is 0 Å². The van der Waals surface area contributed by atoms with Crippen LogP contribution in [0.5, 0.6) is 0 Å². The summed E-state index contributed by atoms with van der Waals surface area (Å²) in [5, 5.41) is 2.37. The van der Waals surface area contributed by atoms with Gasteiger partial charge in [-0.2, -0.15) is 0 Å². The fourth-order valence-electron chi connectivity index (χ4n) is 10.9. The van der Waals surface area contributed by atoms with Crippen LogP contribution < -0.4 is 4.90 Å². The third kappa shape index (κ3) is 5.42. The molecule has 57 heavy (non-hydrogen) atoms. The number of furan rings is 1. The molecule has 0 N–H and O–H groups in total. The first-order valence-corrected chi connectivity index (χ1v) is 21.3. The van der Waals surface area contributed by atoms with Gasteiger partial charge in [-0.15, -0.1) is 0 Å². The zero-order chi connectivity index (χ0) is 39.9. The summed E-state index contributed by atoms with van der Waals surface area (Å²) >= 11 is 0. The van der Waals surface area contributed by atoms with Crippen LogP contribution in [0.25, 0.3) is 44.2 Å². The van der Waals surface area contributed by atoms with Gasteiger partial charge in [0, 0.05) is 33.1 Å². The molecule has 2 nitrogen and oxygen atoms in total. The summed E-state index contributed by atoms with van der Waals surface area (Å²) in [4.78, 5) is 2.52. The smallest absolute Gasteiger partial charge is 0.135 e. The van der Waals surface area contributed by atoms with Gasteiger partial charge in [0.25, 0.3) is 0 Å². The maximum Gasteiger partial charge on any atom is 0.135 e. The molecule has 10 rings (SSSR count). The second-order valence-electron chi connectivity index (χ2n) is 20.7. The Bertz CT molecular complexity index is 2770. The Morgan fingerprint density at radius 3 is 1.67 bits per heavy atom. The molecule has 1 aromatic heterocycles. The lowest BCUT2D eigenvalue weighted by molar-refractivity contribution is 0.331. The van der Waals surface area contributed by atoms with Crippen molar-refractivity contribution < 1.29 is 4.42 Å². The van der Waals surface area contributed by atoms with Crippen molar-refractivity contribution in [2.24, 2.45) is 0 Å². The molecule has 0 radical (unpaired) electrons. The zero-order valence-corrected chi connectivity index (χ0v) is 35.7. The third-order valence-electron chi connectivity index (χ3n) is 14.8. The highest BCUT2D eigenvalue weighted by Crippen LogP contribution is 2.58. The molecule has 0 unspecified atom stereocenters. The molecular weight excluding hydrogens is 691 g/mol. The SMILES string of the molecule is CC1(C)CCC(C)(C)c2cc3c(cc21)-c1c(N(c2cccc(-c4ccccc4)c2)c2ccc4oc5cc6c(cc5c4c2)C(C)(C)CCC6(C)C)cccc1C3(C)C. The Morgan fingerprint density at radius 2 is 0.982 bits per heavy atom. The Kier molecular flexibility index (Phi) is 7.62. The molecule has 3 aliphatic carbocycles. The summed E-state index contributed by atoms with van der Waals surface area (Å²) in [6, 6.07) is 43.8. The van der Waals surface area contributed by atoms with Crippen LogP contribution in [0.15, 0.2) is 120 Å². The number of benzene rings is 6. The molecule has 0 atom stereocenters. The highest BCUT2D eigenvalue weighted by atomic mass is 16.3. The lowest BCUT2D eigenvalue weighted by atomic mass is 9.62. The average Bonchev–Trinajstić information content (AvgIpc) is 3.66. The van der Waals surface area contributed by atoms with Crippen molar-refractivity contribution in [1.82, 2.24) is 0 Å². The van der Waals surface area contributed by atoms with Crippen LogP contribution in [0.4, 0.5) is 17.1 Å². The molecule has 288 valence electrons. The molecule has 6 aromatic carbocycles. The Balaban J connectivity index is 1.24. The van der Waals surface area contributed by atoms with Crippen LogP contribution in [0, 0.1) is 0 Å². The first-order chi connectivity index (χ1) is 27.0. The quantitative estimate of drug-likeness (QED) is 0.178. The molecule has 7 aromatic rings. The Morgan fingerprint density at radius 1 is 0.421 bits per heavy atom. The van der Waals surface area contributed by atoms with Gasteiger partial charge in [0.15, 0.2) is 0 Å². The van der Waals surface area contributed by atoms with Crippen molar-refractivity contribution in [3.05, 3.63) is 149 Å². The van der Waals surface area contributed by atoms with Crippen LogP contribution in [-0.4, -0.2) is 0 Å². The van der Waals surface area contributed by atoms with E-state index >= 15 is 0 Å². The van der Waals surface area contributed by atoms with Crippen LogP contribution in [0.1, 0.15) is 128 Å². The summed E-state index contributed by atoms with van der Waals surface area (Å²) in [5.74, 6) is 0. The van der Waals surface area contributed by atoms with E-state index in [1.807, 2.05) is 0 Å². The molecule has 0 aliphatic heterocycles. The Labute approximate surface area is 339 Å². The van der Waals surface area contributed by atoms with Crippen molar-refractivity contribution in [2.75, 3.05) is 4.90 Å². The minimum atomic E-state index is -0.144. The number of anilines is 3. The van der Waals surface area contributed by atoms with Crippen molar-refractivity contribution in [3.63, 3.8) is 0 Å². The van der Waals surface area contributed by atoms with E-state index in [1.165, 1.54) is 97.8 Å². The third-order valence-corrected chi connectivity index (χ3v) is 14.8. The van der Waals surface area contributed by atoms with Crippen LogP contribution in [-0.2, 0) is 27.1 Å². The first-order valence-electron chi connectivity index (χ1n) is 21.3. The van der Waals surface area contributed by atoms with Crippen LogP contribution in [0.2, 0.25) is 0 Å². The van der Waals surface area contributed by atoms with Crippen LogP contribution in [0.3, 0.4) is 0 Å². The normalized spacial score (nSPS) is 19.1. The van der Waals surface area contributed by atoms with Crippen LogP contribution >= 0.6 is 0 Å². The fraction of sp³-hybridized carbons (Fsp3) is 0.345. The van der Waals surface area contributed by atoms with E-state index in [0.717, 1.165) is 22.5 Å². The van der Waals surface area contributed by atoms with E-state index in [4.69, 9.17) is 4.42 Å². The molecular formula is C55H57NO. The molecule has 0 amide bonds. The average molecular weight is 748 g/mol. The van der Waals surface area contributed by atoms with Gasteiger partial charge in [-0.25, -0.2) is 0 Å². The van der Waals surface area contributed by atoms with Gasteiger partial charge in [-0.05, 0) is 152 Å². The van der Waals surface area contributed by atoms with Crippen molar-refractivity contribution in [3.8, 4) is 22.3 Å². The van der Waals surface area contributed by atoms with E-state index in [2.05, 4.69) is 189 Å². The number of fused-ring (bicyclic) bond motifs is 8. The molecule has 0 spiro atoms. The lowest BCUT2D eigenvalue weighted by Gasteiger charge is -2.42. The molecule has 1 heterocycles. The molecule has 0 bridgehead atoms. The summed E-state index contributed by atoms with van der Waals surface area (Å²) in [7, 11) is 0. The summed E-state index contributed by atoms with van der Waals surface area (Å²) < 4.78 is 6.72. The van der Waals surface area contributed by atoms with Gasteiger partial charge < -0.3 is 9.32 Å². The van der Waals surface area contributed by atoms with Gasteiger partial charge in [0.05, 0.1) is 5.69 Å². The van der Waals surface area contributed by atoms with Gasteiger partial charge in [-0.3, -0.25) is 0 Å². The zero-order valence-electron chi connectivity index (χ0n) is 35.7. The van der Waals surface area contributed by atoms with Crippen molar-refractivity contribution >= 4 is 39.0 Å². The topological polar surface area (TPSA) is 16.4 Å². The summed E-state index contributed by atoms with van der Waals surface area (Å²) in [5.41, 5.74) is 19.6. The van der Waals surface area contributed by atoms with Crippen molar-refractivity contribution in [2.45, 2.75) is 122 Å². The van der Waals surface area contributed by atoms with Gasteiger partial charge in [-0.1, -0.05) is 130 Å². The lowest BCUT2D eigenvalue weighted by Crippen LogP contribution is -2.34. The van der Waals surface area contributed by atoms with Gasteiger partial charge in [0.2, 0.25) is 0 Å². The summed E-state index contributed by atoms with van der Waals surface area (Å²) in [6.45, 7) is 24.3.